The SMILES string of the molecule is CCCCN(C1CC1)S(=O)(=O)c1cccc(C(C)O)c1. The van der Waals surface area contributed by atoms with Crippen molar-refractivity contribution in [3.05, 3.63) is 29.8 Å². The van der Waals surface area contributed by atoms with Crippen molar-refractivity contribution in [1.29, 1.82) is 0 Å². The van der Waals surface area contributed by atoms with Gasteiger partial charge in [0.15, 0.2) is 0 Å². The number of aliphatic hydroxyl groups is 1. The molecule has 1 aromatic rings. The van der Waals surface area contributed by atoms with E-state index in [2.05, 4.69) is 6.92 Å². The summed E-state index contributed by atoms with van der Waals surface area (Å²) in [5.41, 5.74) is 0.636. The number of hydrogen-bond acceptors (Lipinski definition) is 3. The third kappa shape index (κ3) is 3.40. The first kappa shape index (κ1) is 15.5. The summed E-state index contributed by atoms with van der Waals surface area (Å²) in [6, 6.07) is 6.81. The van der Waals surface area contributed by atoms with E-state index in [1.165, 1.54) is 0 Å². The normalized spacial score (nSPS) is 17.4. The van der Waals surface area contributed by atoms with Gasteiger partial charge in [-0.3, -0.25) is 0 Å². The highest BCUT2D eigenvalue weighted by Gasteiger charge is 2.37. The van der Waals surface area contributed by atoms with Gasteiger partial charge in [-0.2, -0.15) is 4.31 Å². The lowest BCUT2D eigenvalue weighted by molar-refractivity contribution is 0.199. The van der Waals surface area contributed by atoms with Crippen molar-refractivity contribution < 1.29 is 13.5 Å². The summed E-state index contributed by atoms with van der Waals surface area (Å²) in [5.74, 6) is 0. The van der Waals surface area contributed by atoms with Gasteiger partial charge in [-0.05, 0) is 43.9 Å². The molecule has 1 saturated carbocycles. The molecule has 4 nitrogen and oxygen atoms in total. The van der Waals surface area contributed by atoms with Crippen molar-refractivity contribution in [2.45, 2.75) is 56.6 Å². The smallest absolute Gasteiger partial charge is 0.243 e. The van der Waals surface area contributed by atoms with E-state index in [9.17, 15) is 13.5 Å². The molecule has 0 aliphatic heterocycles. The number of unbranched alkanes of at least 4 members (excludes halogenated alkanes) is 1. The average molecular weight is 297 g/mol. The largest absolute Gasteiger partial charge is 0.389 e. The standard InChI is InChI=1S/C15H23NO3S/c1-3-4-10-16(14-8-9-14)20(18,19)15-7-5-6-13(11-15)12(2)17/h5-7,11-12,14,17H,3-4,8-10H2,1-2H3. The first-order chi connectivity index (χ1) is 9.46. The van der Waals surface area contributed by atoms with Gasteiger partial charge in [0.1, 0.15) is 0 Å². The van der Waals surface area contributed by atoms with Crippen LogP contribution in [0.25, 0.3) is 0 Å². The lowest BCUT2D eigenvalue weighted by Crippen LogP contribution is -2.34. The number of sulfonamides is 1. The van der Waals surface area contributed by atoms with Gasteiger partial charge in [-0.15, -0.1) is 0 Å². The molecule has 2 rings (SSSR count). The van der Waals surface area contributed by atoms with Crippen molar-refractivity contribution in [3.8, 4) is 0 Å². The van der Waals surface area contributed by atoms with Gasteiger partial charge in [0.05, 0.1) is 11.0 Å². The lowest BCUT2D eigenvalue weighted by Gasteiger charge is -2.22. The molecule has 20 heavy (non-hydrogen) atoms. The van der Waals surface area contributed by atoms with Gasteiger partial charge in [-0.25, -0.2) is 8.42 Å². The van der Waals surface area contributed by atoms with Crippen molar-refractivity contribution in [1.82, 2.24) is 4.31 Å². The molecule has 1 atom stereocenters. The van der Waals surface area contributed by atoms with Crippen LogP contribution < -0.4 is 0 Å². The van der Waals surface area contributed by atoms with E-state index in [1.54, 1.807) is 35.5 Å². The second kappa shape index (κ2) is 6.24. The Hall–Kier alpha value is -0.910. The van der Waals surface area contributed by atoms with Crippen LogP contribution in [0.5, 0.6) is 0 Å². The molecular formula is C15H23NO3S. The predicted molar refractivity (Wildman–Crippen MR) is 78.9 cm³/mol. The fraction of sp³-hybridized carbons (Fsp3) is 0.600. The molecule has 1 unspecified atom stereocenters. The molecule has 0 heterocycles. The second-order valence-corrected chi connectivity index (χ2v) is 7.34. The minimum atomic E-state index is -3.44. The quantitative estimate of drug-likeness (QED) is 0.842. The molecule has 0 amide bonds. The average Bonchev–Trinajstić information content (AvgIpc) is 3.23. The monoisotopic (exact) mass is 297 g/mol. The Balaban J connectivity index is 2.29. The van der Waals surface area contributed by atoms with E-state index in [4.69, 9.17) is 0 Å². The number of benzene rings is 1. The van der Waals surface area contributed by atoms with Crippen molar-refractivity contribution in [2.75, 3.05) is 6.54 Å². The van der Waals surface area contributed by atoms with Crippen LogP contribution in [-0.2, 0) is 10.0 Å². The Labute approximate surface area is 121 Å². The molecule has 1 fully saturated rings. The van der Waals surface area contributed by atoms with Crippen molar-refractivity contribution >= 4 is 10.0 Å². The van der Waals surface area contributed by atoms with E-state index in [1.807, 2.05) is 0 Å². The number of nitrogens with zero attached hydrogens (tertiary/aromatic N) is 1. The van der Waals surface area contributed by atoms with E-state index >= 15 is 0 Å². The minimum Gasteiger partial charge on any atom is -0.389 e. The predicted octanol–water partition coefficient (Wildman–Crippen LogP) is 2.69. The van der Waals surface area contributed by atoms with Crippen LogP contribution in [0.2, 0.25) is 0 Å². The van der Waals surface area contributed by atoms with Crippen LogP contribution in [-0.4, -0.2) is 30.4 Å². The topological polar surface area (TPSA) is 57.6 Å². The highest BCUT2D eigenvalue weighted by molar-refractivity contribution is 7.89. The van der Waals surface area contributed by atoms with Crippen LogP contribution in [0.4, 0.5) is 0 Å². The molecule has 1 N–H and O–H groups in total. The van der Waals surface area contributed by atoms with Gasteiger partial charge in [0, 0.05) is 12.6 Å². The molecule has 0 radical (unpaired) electrons. The summed E-state index contributed by atoms with van der Waals surface area (Å²) >= 11 is 0. The minimum absolute atomic E-state index is 0.168. The zero-order valence-electron chi connectivity index (χ0n) is 12.1. The zero-order valence-corrected chi connectivity index (χ0v) is 12.9. The zero-order chi connectivity index (χ0) is 14.8. The molecule has 0 aromatic heterocycles. The molecular weight excluding hydrogens is 274 g/mol. The van der Waals surface area contributed by atoms with Gasteiger partial charge >= 0.3 is 0 Å². The Bertz CT molecular complexity index is 550. The Kier molecular flexibility index (Phi) is 4.83. The number of hydrogen-bond donors (Lipinski definition) is 1. The summed E-state index contributed by atoms with van der Waals surface area (Å²) in [4.78, 5) is 0.291. The van der Waals surface area contributed by atoms with Crippen molar-refractivity contribution in [3.63, 3.8) is 0 Å². The van der Waals surface area contributed by atoms with Crippen LogP contribution in [0.15, 0.2) is 29.2 Å². The van der Waals surface area contributed by atoms with Gasteiger partial charge in [-0.1, -0.05) is 25.5 Å². The summed E-state index contributed by atoms with van der Waals surface area (Å²) in [6.07, 6.45) is 3.12. The Morgan fingerprint density at radius 1 is 1.40 bits per heavy atom. The number of aliphatic hydroxyl groups excluding tert-OH is 1. The molecule has 1 aliphatic rings. The van der Waals surface area contributed by atoms with Crippen LogP contribution in [0, 0.1) is 0 Å². The van der Waals surface area contributed by atoms with Gasteiger partial charge < -0.3 is 5.11 Å². The molecule has 0 saturated heterocycles. The fourth-order valence-electron chi connectivity index (χ4n) is 2.25. The van der Waals surface area contributed by atoms with Crippen LogP contribution in [0.3, 0.4) is 0 Å². The molecule has 0 spiro atoms. The van der Waals surface area contributed by atoms with Gasteiger partial charge in [0.2, 0.25) is 10.0 Å². The molecule has 0 bridgehead atoms. The highest BCUT2D eigenvalue weighted by atomic mass is 32.2. The van der Waals surface area contributed by atoms with E-state index in [0.717, 1.165) is 25.7 Å². The maximum atomic E-state index is 12.7. The number of rotatable bonds is 7. The summed E-state index contributed by atoms with van der Waals surface area (Å²) in [6.45, 7) is 4.29. The van der Waals surface area contributed by atoms with Gasteiger partial charge in [0.25, 0.3) is 0 Å². The second-order valence-electron chi connectivity index (χ2n) is 5.45. The first-order valence-corrected chi connectivity index (χ1v) is 8.70. The van der Waals surface area contributed by atoms with E-state index in [0.29, 0.717) is 17.0 Å². The lowest BCUT2D eigenvalue weighted by atomic mass is 10.1. The fourth-order valence-corrected chi connectivity index (χ4v) is 4.02. The first-order valence-electron chi connectivity index (χ1n) is 7.26. The maximum absolute atomic E-state index is 12.7. The third-order valence-corrected chi connectivity index (χ3v) is 5.58. The van der Waals surface area contributed by atoms with E-state index < -0.39 is 16.1 Å². The summed E-state index contributed by atoms with van der Waals surface area (Å²) in [5, 5.41) is 9.61. The third-order valence-electron chi connectivity index (χ3n) is 3.63. The van der Waals surface area contributed by atoms with E-state index in [-0.39, 0.29) is 6.04 Å². The molecule has 1 aromatic carbocycles. The highest BCUT2D eigenvalue weighted by Crippen LogP contribution is 2.32. The molecule has 112 valence electrons. The van der Waals surface area contributed by atoms with Crippen LogP contribution >= 0.6 is 0 Å². The van der Waals surface area contributed by atoms with Crippen LogP contribution in [0.1, 0.15) is 51.2 Å². The summed E-state index contributed by atoms with van der Waals surface area (Å²) in [7, 11) is -3.44. The Morgan fingerprint density at radius 2 is 2.10 bits per heavy atom. The Morgan fingerprint density at radius 3 is 2.65 bits per heavy atom. The van der Waals surface area contributed by atoms with Crippen molar-refractivity contribution in [2.24, 2.45) is 0 Å². The molecule has 5 heteroatoms. The summed E-state index contributed by atoms with van der Waals surface area (Å²) < 4.78 is 27.1. The molecule has 1 aliphatic carbocycles. The maximum Gasteiger partial charge on any atom is 0.243 e.